The molecule has 1 atom stereocenters. The minimum absolute atomic E-state index is 0.349. The number of benzene rings is 1. The lowest BCUT2D eigenvalue weighted by Crippen LogP contribution is -2.26. The van der Waals surface area contributed by atoms with Gasteiger partial charge >= 0.3 is 0 Å². The first-order valence-corrected chi connectivity index (χ1v) is 8.49. The number of fused-ring (bicyclic) bond motifs is 1. The second kappa shape index (κ2) is 3.07. The maximum Gasteiger partial charge on any atom is 0.0975 e. The van der Waals surface area contributed by atoms with E-state index in [1.807, 2.05) is 18.2 Å². The molecule has 0 radical (unpaired) electrons. The first-order chi connectivity index (χ1) is 6.50. The fourth-order valence-electron chi connectivity index (χ4n) is 1.93. The molecule has 2 rings (SSSR count). The van der Waals surface area contributed by atoms with E-state index in [1.54, 1.807) is 0 Å². The van der Waals surface area contributed by atoms with Crippen LogP contribution in [0.2, 0.25) is 19.6 Å². The number of rotatable bonds is 1. The Morgan fingerprint density at radius 3 is 2.36 bits per heavy atom. The van der Waals surface area contributed by atoms with Gasteiger partial charge in [-0.05, 0) is 16.3 Å². The number of aliphatic hydroxyl groups is 1. The molecule has 0 saturated carbocycles. The third-order valence-corrected chi connectivity index (χ3v) is 4.91. The van der Waals surface area contributed by atoms with Gasteiger partial charge in [0.1, 0.15) is 0 Å². The zero-order valence-corrected chi connectivity index (χ0v) is 9.91. The van der Waals surface area contributed by atoms with Crippen molar-refractivity contribution in [3.63, 3.8) is 0 Å². The molecule has 2 heteroatoms. The van der Waals surface area contributed by atoms with Crippen LogP contribution in [0.1, 0.15) is 17.2 Å². The Labute approximate surface area is 86.1 Å². The van der Waals surface area contributed by atoms with E-state index < -0.39 is 8.07 Å². The van der Waals surface area contributed by atoms with Crippen molar-refractivity contribution in [3.05, 3.63) is 40.6 Å². The van der Waals surface area contributed by atoms with Crippen LogP contribution in [0.4, 0.5) is 0 Å². The highest BCUT2D eigenvalue weighted by Gasteiger charge is 2.31. The predicted molar refractivity (Wildman–Crippen MR) is 62.7 cm³/mol. The van der Waals surface area contributed by atoms with Crippen molar-refractivity contribution in [2.45, 2.75) is 25.7 Å². The minimum atomic E-state index is -1.37. The van der Waals surface area contributed by atoms with E-state index in [2.05, 4.69) is 31.8 Å². The lowest BCUT2D eigenvalue weighted by Gasteiger charge is -2.21. The Kier molecular flexibility index (Phi) is 2.12. The molecule has 0 bridgehead atoms. The van der Waals surface area contributed by atoms with Gasteiger partial charge in [0.05, 0.1) is 14.2 Å². The van der Waals surface area contributed by atoms with E-state index in [4.69, 9.17) is 0 Å². The average molecular weight is 204 g/mol. The van der Waals surface area contributed by atoms with Crippen molar-refractivity contribution in [2.75, 3.05) is 0 Å². The quantitative estimate of drug-likeness (QED) is 0.697. The Bertz CT molecular complexity index is 388. The SMILES string of the molecule is C[Si](C)(C)C1=Cc2ccccc2C1O. The summed E-state index contributed by atoms with van der Waals surface area (Å²) in [5.74, 6) is 0. The van der Waals surface area contributed by atoms with E-state index in [0.29, 0.717) is 0 Å². The van der Waals surface area contributed by atoms with Crippen molar-refractivity contribution in [1.82, 2.24) is 0 Å². The first kappa shape index (κ1) is 9.68. The summed E-state index contributed by atoms with van der Waals surface area (Å²) in [6.07, 6.45) is 1.82. The molecular formula is C12H16OSi. The Morgan fingerprint density at radius 1 is 1.14 bits per heavy atom. The smallest absolute Gasteiger partial charge is 0.0975 e. The van der Waals surface area contributed by atoms with Crippen LogP contribution < -0.4 is 0 Å². The molecule has 74 valence electrons. The maximum atomic E-state index is 10.1. The van der Waals surface area contributed by atoms with Gasteiger partial charge in [-0.2, -0.15) is 0 Å². The summed E-state index contributed by atoms with van der Waals surface area (Å²) in [7, 11) is -1.37. The summed E-state index contributed by atoms with van der Waals surface area (Å²) >= 11 is 0. The summed E-state index contributed by atoms with van der Waals surface area (Å²) in [4.78, 5) is 0. The molecular weight excluding hydrogens is 188 g/mol. The van der Waals surface area contributed by atoms with Gasteiger partial charge < -0.3 is 5.11 Å². The van der Waals surface area contributed by atoms with E-state index in [1.165, 1.54) is 10.8 Å². The summed E-state index contributed by atoms with van der Waals surface area (Å²) < 4.78 is 0. The molecule has 1 aromatic rings. The van der Waals surface area contributed by atoms with Gasteiger partial charge in [0.15, 0.2) is 0 Å². The average Bonchev–Trinajstić information content (AvgIpc) is 2.44. The monoisotopic (exact) mass is 204 g/mol. The van der Waals surface area contributed by atoms with Crippen molar-refractivity contribution in [3.8, 4) is 0 Å². The van der Waals surface area contributed by atoms with Gasteiger partial charge in [-0.15, -0.1) is 0 Å². The van der Waals surface area contributed by atoms with E-state index in [-0.39, 0.29) is 6.10 Å². The third kappa shape index (κ3) is 1.45. The van der Waals surface area contributed by atoms with Crippen LogP contribution in [0.3, 0.4) is 0 Å². The summed E-state index contributed by atoms with van der Waals surface area (Å²) in [6.45, 7) is 6.82. The van der Waals surface area contributed by atoms with E-state index in [0.717, 1.165) is 5.56 Å². The normalized spacial score (nSPS) is 20.6. The molecule has 1 aromatic carbocycles. The summed E-state index contributed by atoms with van der Waals surface area (Å²) in [5.41, 5.74) is 2.27. The molecule has 1 unspecified atom stereocenters. The molecule has 0 spiro atoms. The molecule has 1 nitrogen and oxygen atoms in total. The highest BCUT2D eigenvalue weighted by Crippen LogP contribution is 2.38. The Morgan fingerprint density at radius 2 is 1.79 bits per heavy atom. The van der Waals surface area contributed by atoms with Gasteiger partial charge in [-0.3, -0.25) is 0 Å². The van der Waals surface area contributed by atoms with Crippen LogP contribution in [-0.2, 0) is 0 Å². The van der Waals surface area contributed by atoms with Gasteiger partial charge in [0.2, 0.25) is 0 Å². The van der Waals surface area contributed by atoms with Crippen molar-refractivity contribution < 1.29 is 5.11 Å². The van der Waals surface area contributed by atoms with Gasteiger partial charge in [-0.25, -0.2) is 0 Å². The lowest BCUT2D eigenvalue weighted by atomic mass is 10.1. The second-order valence-corrected chi connectivity index (χ2v) is 9.96. The highest BCUT2D eigenvalue weighted by atomic mass is 28.3. The minimum Gasteiger partial charge on any atom is -0.384 e. The highest BCUT2D eigenvalue weighted by molar-refractivity contribution is 6.84. The van der Waals surface area contributed by atoms with Crippen LogP contribution in [0.5, 0.6) is 0 Å². The number of aliphatic hydroxyl groups excluding tert-OH is 1. The molecule has 1 N–H and O–H groups in total. The zero-order valence-electron chi connectivity index (χ0n) is 8.91. The molecule has 0 saturated heterocycles. The fourth-order valence-corrected chi connectivity index (χ4v) is 3.50. The topological polar surface area (TPSA) is 20.2 Å². The largest absolute Gasteiger partial charge is 0.384 e. The van der Waals surface area contributed by atoms with Gasteiger partial charge in [0.25, 0.3) is 0 Å². The molecule has 0 fully saturated rings. The third-order valence-electron chi connectivity index (χ3n) is 2.76. The van der Waals surface area contributed by atoms with Crippen molar-refractivity contribution in [1.29, 1.82) is 0 Å². The maximum absolute atomic E-state index is 10.1. The van der Waals surface area contributed by atoms with Crippen molar-refractivity contribution in [2.24, 2.45) is 0 Å². The molecule has 0 heterocycles. The van der Waals surface area contributed by atoms with Crippen LogP contribution >= 0.6 is 0 Å². The molecule has 0 aromatic heterocycles. The van der Waals surface area contributed by atoms with Gasteiger partial charge in [-0.1, -0.05) is 50.0 Å². The lowest BCUT2D eigenvalue weighted by molar-refractivity contribution is 0.226. The first-order valence-electron chi connectivity index (χ1n) is 4.99. The second-order valence-electron chi connectivity index (χ2n) is 4.88. The van der Waals surface area contributed by atoms with Gasteiger partial charge in [0, 0.05) is 0 Å². The molecule has 1 aliphatic carbocycles. The van der Waals surface area contributed by atoms with E-state index in [9.17, 15) is 5.11 Å². The summed E-state index contributed by atoms with van der Waals surface area (Å²) in [6, 6.07) is 8.10. The number of hydrogen-bond donors (Lipinski definition) is 1. The van der Waals surface area contributed by atoms with Crippen LogP contribution in [0.15, 0.2) is 29.5 Å². The number of hydrogen-bond acceptors (Lipinski definition) is 1. The molecule has 0 aliphatic heterocycles. The Hall–Kier alpha value is -0.863. The summed E-state index contributed by atoms with van der Waals surface area (Å²) in [5, 5.41) is 11.4. The molecule has 14 heavy (non-hydrogen) atoms. The zero-order chi connectivity index (χ0) is 10.3. The van der Waals surface area contributed by atoms with Crippen LogP contribution in [0, 0.1) is 0 Å². The standard InChI is InChI=1S/C12H16OSi/c1-14(2,3)11-8-9-6-4-5-7-10(9)12(11)13/h4-8,12-13H,1-3H3. The van der Waals surface area contributed by atoms with Crippen LogP contribution in [0.25, 0.3) is 6.08 Å². The molecule has 0 amide bonds. The van der Waals surface area contributed by atoms with Crippen molar-refractivity contribution >= 4 is 14.1 Å². The molecule has 1 aliphatic rings. The fraction of sp³-hybridized carbons (Fsp3) is 0.333. The van der Waals surface area contributed by atoms with E-state index >= 15 is 0 Å². The Balaban J connectivity index is 2.47. The van der Waals surface area contributed by atoms with Crippen LogP contribution in [-0.4, -0.2) is 13.2 Å². The predicted octanol–water partition coefficient (Wildman–Crippen LogP) is 2.99.